The van der Waals surface area contributed by atoms with Gasteiger partial charge in [0.2, 0.25) is 0 Å². The van der Waals surface area contributed by atoms with E-state index in [4.69, 9.17) is 9.16 Å². The average Bonchev–Trinajstić information content (AvgIpc) is 2.85. The van der Waals surface area contributed by atoms with E-state index >= 15 is 0 Å². The molecule has 0 N–H and O–H groups in total. The van der Waals surface area contributed by atoms with E-state index in [0.717, 1.165) is 24.4 Å². The molecule has 0 radical (unpaired) electrons. The number of rotatable bonds is 4. The summed E-state index contributed by atoms with van der Waals surface area (Å²) in [5.74, 6) is 0.850. The topological polar surface area (TPSA) is 53.4 Å². The van der Waals surface area contributed by atoms with Crippen LogP contribution < -0.4 is 0 Å². The lowest BCUT2D eigenvalue weighted by molar-refractivity contribution is -0.146. The molecule has 2 heterocycles. The third kappa shape index (κ3) is 3.43. The van der Waals surface area contributed by atoms with Crippen molar-refractivity contribution in [2.24, 2.45) is 5.92 Å². The molecule has 0 aromatic carbocycles. The monoisotopic (exact) mass is 324 g/mol. The standard InChI is InChI=1S/C16H28N2O3Si/c1-16(2,3)22(5,6)21-11-13-9-17-14-8-7-12(10-18(13)14)15(19)20-4/h9,12H,7-8,10-11H2,1-6H3. The summed E-state index contributed by atoms with van der Waals surface area (Å²) in [6.07, 6.45) is 3.52. The van der Waals surface area contributed by atoms with Crippen molar-refractivity contribution in [3.63, 3.8) is 0 Å². The van der Waals surface area contributed by atoms with E-state index in [1.54, 1.807) is 0 Å². The number of imidazole rings is 1. The second-order valence-corrected chi connectivity index (χ2v) is 12.4. The lowest BCUT2D eigenvalue weighted by Crippen LogP contribution is -2.40. The number of nitrogens with zero attached hydrogens (tertiary/aromatic N) is 2. The van der Waals surface area contributed by atoms with Crippen molar-refractivity contribution in [2.75, 3.05) is 7.11 Å². The first-order valence-corrected chi connectivity index (χ1v) is 10.8. The number of esters is 1. The van der Waals surface area contributed by atoms with Crippen LogP contribution in [0.3, 0.4) is 0 Å². The zero-order valence-electron chi connectivity index (χ0n) is 14.6. The number of fused-ring (bicyclic) bond motifs is 1. The Labute approximate surface area is 134 Å². The zero-order chi connectivity index (χ0) is 16.5. The summed E-state index contributed by atoms with van der Waals surface area (Å²) < 4.78 is 13.3. The third-order valence-electron chi connectivity index (χ3n) is 5.06. The van der Waals surface area contributed by atoms with Gasteiger partial charge in [-0.25, -0.2) is 4.98 Å². The Morgan fingerprint density at radius 2 is 2.14 bits per heavy atom. The number of carbonyl (C=O) groups is 1. The lowest BCUT2D eigenvalue weighted by Gasteiger charge is -2.36. The van der Waals surface area contributed by atoms with E-state index in [0.29, 0.717) is 13.2 Å². The minimum Gasteiger partial charge on any atom is -0.469 e. The number of aryl methyl sites for hydroxylation is 1. The van der Waals surface area contributed by atoms with Gasteiger partial charge in [-0.05, 0) is 24.6 Å². The van der Waals surface area contributed by atoms with Gasteiger partial charge in [0.25, 0.3) is 0 Å². The number of methoxy groups -OCH3 is 1. The minimum atomic E-state index is -1.78. The molecule has 1 aromatic rings. The molecule has 5 nitrogen and oxygen atoms in total. The Bertz CT molecular complexity index is 546. The molecule has 1 unspecified atom stereocenters. The molecule has 124 valence electrons. The summed E-state index contributed by atoms with van der Waals surface area (Å²) in [6.45, 7) is 12.4. The largest absolute Gasteiger partial charge is 0.469 e. The number of hydrogen-bond acceptors (Lipinski definition) is 4. The van der Waals surface area contributed by atoms with Crippen LogP contribution in [0.2, 0.25) is 18.1 Å². The molecular formula is C16H28N2O3Si. The van der Waals surface area contributed by atoms with Crippen molar-refractivity contribution >= 4 is 14.3 Å². The summed E-state index contributed by atoms with van der Waals surface area (Å²) in [4.78, 5) is 16.3. The minimum absolute atomic E-state index is 0.0710. The Morgan fingerprint density at radius 1 is 1.45 bits per heavy atom. The first-order chi connectivity index (χ1) is 10.2. The van der Waals surface area contributed by atoms with Gasteiger partial charge in [0.15, 0.2) is 8.32 Å². The summed E-state index contributed by atoms with van der Waals surface area (Å²) in [5, 5.41) is 0.187. The van der Waals surface area contributed by atoms with Gasteiger partial charge in [-0.1, -0.05) is 20.8 Å². The highest BCUT2D eigenvalue weighted by atomic mass is 28.4. The number of carbonyl (C=O) groups excluding carboxylic acids is 1. The van der Waals surface area contributed by atoms with Gasteiger partial charge in [0, 0.05) is 13.0 Å². The van der Waals surface area contributed by atoms with Crippen LogP contribution in [-0.4, -0.2) is 30.9 Å². The maximum Gasteiger partial charge on any atom is 0.310 e. The van der Waals surface area contributed by atoms with E-state index < -0.39 is 8.32 Å². The maximum atomic E-state index is 11.8. The molecule has 0 saturated carbocycles. The predicted molar refractivity (Wildman–Crippen MR) is 88.0 cm³/mol. The van der Waals surface area contributed by atoms with Gasteiger partial charge in [-0.2, -0.15) is 0 Å². The molecule has 22 heavy (non-hydrogen) atoms. The number of ether oxygens (including phenoxy) is 1. The van der Waals surface area contributed by atoms with Crippen LogP contribution in [0.15, 0.2) is 6.20 Å². The highest BCUT2D eigenvalue weighted by molar-refractivity contribution is 6.74. The van der Waals surface area contributed by atoms with E-state index in [2.05, 4.69) is 43.4 Å². The molecule has 1 aromatic heterocycles. The van der Waals surface area contributed by atoms with Crippen LogP contribution in [0.25, 0.3) is 0 Å². The van der Waals surface area contributed by atoms with Crippen LogP contribution in [0.5, 0.6) is 0 Å². The molecule has 6 heteroatoms. The molecule has 1 aliphatic heterocycles. The van der Waals surface area contributed by atoms with Gasteiger partial charge in [-0.15, -0.1) is 0 Å². The summed E-state index contributed by atoms with van der Waals surface area (Å²) >= 11 is 0. The van der Waals surface area contributed by atoms with Crippen molar-refractivity contribution in [1.82, 2.24) is 9.55 Å². The smallest absolute Gasteiger partial charge is 0.310 e. The van der Waals surface area contributed by atoms with Gasteiger partial charge in [-0.3, -0.25) is 4.79 Å². The Balaban J connectivity index is 2.09. The van der Waals surface area contributed by atoms with Crippen LogP contribution in [0.4, 0.5) is 0 Å². The van der Waals surface area contributed by atoms with Gasteiger partial charge in [0.1, 0.15) is 5.82 Å². The molecule has 2 rings (SSSR count). The molecular weight excluding hydrogens is 296 g/mol. The van der Waals surface area contributed by atoms with Crippen molar-refractivity contribution in [3.8, 4) is 0 Å². The fraction of sp³-hybridized carbons (Fsp3) is 0.750. The van der Waals surface area contributed by atoms with Crippen molar-refractivity contribution in [3.05, 3.63) is 17.7 Å². The molecule has 0 aliphatic carbocycles. The molecule has 0 spiro atoms. The van der Waals surface area contributed by atoms with Crippen LogP contribution in [0, 0.1) is 5.92 Å². The molecule has 0 saturated heterocycles. The van der Waals surface area contributed by atoms with Crippen LogP contribution >= 0.6 is 0 Å². The van der Waals surface area contributed by atoms with Gasteiger partial charge >= 0.3 is 5.97 Å². The average molecular weight is 324 g/mol. The highest BCUT2D eigenvalue weighted by Crippen LogP contribution is 2.37. The normalized spacial score (nSPS) is 18.9. The molecule has 1 aliphatic rings. The van der Waals surface area contributed by atoms with Crippen molar-refractivity contribution in [1.29, 1.82) is 0 Å². The Morgan fingerprint density at radius 3 is 2.73 bits per heavy atom. The molecule has 0 fully saturated rings. The molecule has 1 atom stereocenters. The number of aromatic nitrogens is 2. The molecule has 0 bridgehead atoms. The van der Waals surface area contributed by atoms with Crippen LogP contribution in [-0.2, 0) is 33.5 Å². The second kappa shape index (κ2) is 6.16. The van der Waals surface area contributed by atoms with Crippen molar-refractivity contribution < 1.29 is 14.0 Å². The Hall–Kier alpha value is -1.14. The quantitative estimate of drug-likeness (QED) is 0.631. The zero-order valence-corrected chi connectivity index (χ0v) is 15.6. The predicted octanol–water partition coefficient (Wildman–Crippen LogP) is 3.14. The summed E-state index contributed by atoms with van der Waals surface area (Å²) in [7, 11) is -0.333. The number of hydrogen-bond donors (Lipinski definition) is 0. The fourth-order valence-corrected chi connectivity index (χ4v) is 3.38. The van der Waals surface area contributed by atoms with E-state index in [9.17, 15) is 4.79 Å². The Kier molecular flexibility index (Phi) is 4.82. The molecule has 0 amide bonds. The maximum absolute atomic E-state index is 11.8. The van der Waals surface area contributed by atoms with Gasteiger partial charge < -0.3 is 13.7 Å². The van der Waals surface area contributed by atoms with Gasteiger partial charge in [0.05, 0.1) is 31.5 Å². The van der Waals surface area contributed by atoms with Crippen molar-refractivity contribution in [2.45, 2.75) is 64.9 Å². The SMILES string of the molecule is COC(=O)C1CCc2ncc(CO[Si](C)(C)C(C)(C)C)n2C1. The summed E-state index contributed by atoms with van der Waals surface area (Å²) in [6, 6.07) is 0. The lowest BCUT2D eigenvalue weighted by atomic mass is 9.99. The first kappa shape index (κ1) is 17.2. The third-order valence-corrected chi connectivity index (χ3v) is 9.54. The van der Waals surface area contributed by atoms with E-state index in [1.807, 2.05) is 6.20 Å². The van der Waals surface area contributed by atoms with E-state index in [-0.39, 0.29) is 16.9 Å². The van der Waals surface area contributed by atoms with Crippen LogP contribution in [0.1, 0.15) is 38.7 Å². The first-order valence-electron chi connectivity index (χ1n) is 7.91. The highest BCUT2D eigenvalue weighted by Gasteiger charge is 2.37. The van der Waals surface area contributed by atoms with E-state index in [1.165, 1.54) is 7.11 Å². The summed E-state index contributed by atoms with van der Waals surface area (Å²) in [5.41, 5.74) is 1.06. The second-order valence-electron chi connectivity index (χ2n) is 7.58. The fourth-order valence-electron chi connectivity index (χ4n) is 2.44.